The number of nitrogens with zero attached hydrogens (tertiary/aromatic N) is 2. The van der Waals surface area contributed by atoms with Gasteiger partial charge in [0.1, 0.15) is 0 Å². The fraction of sp³-hybridized carbons (Fsp3) is 0.933. The molecule has 3 heterocycles. The maximum atomic E-state index is 10.7. The summed E-state index contributed by atoms with van der Waals surface area (Å²) in [5.41, 5.74) is 0. The highest BCUT2D eigenvalue weighted by Crippen LogP contribution is 2.41. The number of fused-ring (bicyclic) bond motifs is 2. The normalized spacial score (nSPS) is 34.4. The van der Waals surface area contributed by atoms with E-state index in [1.807, 2.05) is 0 Å². The summed E-state index contributed by atoms with van der Waals surface area (Å²) in [5.74, 6) is -0.118. The zero-order valence-corrected chi connectivity index (χ0v) is 14.8. The van der Waals surface area contributed by atoms with E-state index in [4.69, 9.17) is 0 Å². The largest absolute Gasteiger partial charge is 0.550 e. The zero-order chi connectivity index (χ0) is 13.4. The number of hydrogen-bond donors (Lipinski definition) is 0. The Morgan fingerprint density at radius 1 is 1.14 bits per heavy atom. The van der Waals surface area contributed by atoms with E-state index in [9.17, 15) is 9.90 Å². The summed E-state index contributed by atoms with van der Waals surface area (Å²) in [4.78, 5) is 15.7. The second-order valence-electron chi connectivity index (χ2n) is 6.65. The molecule has 0 aromatic carbocycles. The molecule has 0 spiro atoms. The van der Waals surface area contributed by atoms with E-state index in [1.165, 1.54) is 38.5 Å². The van der Waals surface area contributed by atoms with Gasteiger partial charge in [0.15, 0.2) is 0 Å². The number of carbonyl (C=O) groups excluding carboxylic acids is 1. The Morgan fingerprint density at radius 3 is 2.27 bits per heavy atom. The Labute approximate surface area is 145 Å². The van der Waals surface area contributed by atoms with Crippen molar-refractivity contribution in [3.8, 4) is 0 Å². The van der Waals surface area contributed by atoms with Crippen molar-refractivity contribution >= 4 is 30.8 Å². The van der Waals surface area contributed by atoms with Crippen LogP contribution in [0.3, 0.4) is 0 Å². The number of carboxylic acids is 1. The minimum atomic E-state index is -0.908. The molecule has 3 saturated heterocycles. The monoisotopic (exact) mass is 355 g/mol. The molecule has 2 bridgehead atoms. The number of likely N-dealkylation sites (tertiary alicyclic amines) is 1. The third kappa shape index (κ3) is 4.48. The van der Waals surface area contributed by atoms with Gasteiger partial charge in [0.05, 0.1) is 0 Å². The molecular formula is C15H29Cl2N2O3-. The summed E-state index contributed by atoms with van der Waals surface area (Å²) >= 11 is 0. The number of carbonyl (C=O) groups is 1. The molecule has 2 N–H and O–H groups in total. The van der Waals surface area contributed by atoms with Gasteiger partial charge in [-0.15, -0.1) is 24.8 Å². The molecule has 3 unspecified atom stereocenters. The summed E-state index contributed by atoms with van der Waals surface area (Å²) in [5, 5.41) is 10.7. The van der Waals surface area contributed by atoms with Gasteiger partial charge in [0, 0.05) is 30.6 Å². The molecule has 0 radical (unpaired) electrons. The van der Waals surface area contributed by atoms with Crippen molar-refractivity contribution in [3.63, 3.8) is 0 Å². The van der Waals surface area contributed by atoms with Crippen LogP contribution >= 0.6 is 24.8 Å². The van der Waals surface area contributed by atoms with Crippen molar-refractivity contribution in [2.24, 2.45) is 5.92 Å². The van der Waals surface area contributed by atoms with Crippen LogP contribution in [0.15, 0.2) is 0 Å². The van der Waals surface area contributed by atoms with Crippen LogP contribution in [0, 0.1) is 5.92 Å². The van der Waals surface area contributed by atoms with Crippen LogP contribution in [0.1, 0.15) is 44.9 Å². The van der Waals surface area contributed by atoms with Crippen molar-refractivity contribution in [2.75, 3.05) is 20.1 Å². The van der Waals surface area contributed by atoms with E-state index in [-0.39, 0.29) is 36.7 Å². The van der Waals surface area contributed by atoms with Gasteiger partial charge >= 0.3 is 0 Å². The van der Waals surface area contributed by atoms with Crippen molar-refractivity contribution in [1.29, 1.82) is 0 Å². The number of piperidine rings is 1. The first-order valence-corrected chi connectivity index (χ1v) is 7.81. The lowest BCUT2D eigenvalue weighted by Crippen LogP contribution is -2.47. The molecule has 0 amide bonds. The van der Waals surface area contributed by atoms with Crippen molar-refractivity contribution < 1.29 is 15.4 Å². The predicted molar refractivity (Wildman–Crippen MR) is 89.6 cm³/mol. The minimum Gasteiger partial charge on any atom is -0.550 e. The Bertz CT molecular complexity index is 346. The van der Waals surface area contributed by atoms with Gasteiger partial charge in [0.2, 0.25) is 0 Å². The van der Waals surface area contributed by atoms with Crippen LogP contribution in [0.2, 0.25) is 0 Å². The predicted octanol–water partition coefficient (Wildman–Crippen LogP) is 0.482. The summed E-state index contributed by atoms with van der Waals surface area (Å²) in [6.45, 7) is 1.77. The second kappa shape index (κ2) is 9.28. The molecule has 132 valence electrons. The molecule has 0 saturated carbocycles. The number of aliphatic carboxylic acids is 1. The van der Waals surface area contributed by atoms with Crippen LogP contribution < -0.4 is 5.11 Å². The molecule has 0 aromatic heterocycles. The summed E-state index contributed by atoms with van der Waals surface area (Å²) in [7, 11) is 2.28. The van der Waals surface area contributed by atoms with Gasteiger partial charge in [-0.05, 0) is 64.5 Å². The average Bonchev–Trinajstić information content (AvgIpc) is 2.89. The number of carboxylic acid groups (broad SMARTS) is 1. The molecule has 3 aliphatic rings. The van der Waals surface area contributed by atoms with Gasteiger partial charge < -0.3 is 20.3 Å². The van der Waals surface area contributed by atoms with E-state index >= 15 is 0 Å². The van der Waals surface area contributed by atoms with E-state index in [1.54, 1.807) is 0 Å². The van der Waals surface area contributed by atoms with Crippen LogP contribution in [-0.2, 0) is 4.79 Å². The third-order valence-electron chi connectivity index (χ3n) is 5.70. The van der Waals surface area contributed by atoms with Gasteiger partial charge in [-0.1, -0.05) is 0 Å². The average molecular weight is 356 g/mol. The first-order chi connectivity index (χ1) is 9.15. The highest BCUT2D eigenvalue weighted by Gasteiger charge is 2.43. The quantitative estimate of drug-likeness (QED) is 0.734. The third-order valence-corrected chi connectivity index (χ3v) is 5.70. The SMILES string of the molecule is CN1C2CCC1CC(C1CCCN1CCC(=O)[O-])C2.Cl.Cl.O. The number of halogens is 2. The molecule has 3 aliphatic heterocycles. The van der Waals surface area contributed by atoms with Crippen molar-refractivity contribution in [2.45, 2.75) is 63.1 Å². The maximum Gasteiger partial charge on any atom is 0.0427 e. The van der Waals surface area contributed by atoms with Crippen molar-refractivity contribution in [3.05, 3.63) is 0 Å². The Hall–Kier alpha value is -0.0700. The Kier molecular flexibility index (Phi) is 9.25. The number of rotatable bonds is 4. The molecule has 3 atom stereocenters. The first kappa shape index (κ1) is 21.9. The van der Waals surface area contributed by atoms with Gasteiger partial charge in [-0.25, -0.2) is 0 Å². The summed E-state index contributed by atoms with van der Waals surface area (Å²) < 4.78 is 0. The van der Waals surface area contributed by atoms with Crippen molar-refractivity contribution in [1.82, 2.24) is 9.80 Å². The van der Waals surface area contributed by atoms with Gasteiger partial charge in [-0.2, -0.15) is 0 Å². The fourth-order valence-electron chi connectivity index (χ4n) is 4.67. The highest BCUT2D eigenvalue weighted by molar-refractivity contribution is 5.85. The molecule has 5 nitrogen and oxygen atoms in total. The van der Waals surface area contributed by atoms with E-state index in [0.717, 1.165) is 24.5 Å². The smallest absolute Gasteiger partial charge is 0.0427 e. The zero-order valence-electron chi connectivity index (χ0n) is 13.2. The Balaban J connectivity index is 0.00000147. The Morgan fingerprint density at radius 2 is 1.73 bits per heavy atom. The molecule has 3 fully saturated rings. The van der Waals surface area contributed by atoms with Gasteiger partial charge in [-0.3, -0.25) is 4.90 Å². The molecule has 0 aromatic rings. The lowest BCUT2D eigenvalue weighted by atomic mass is 9.84. The molecule has 0 aliphatic carbocycles. The fourth-order valence-corrected chi connectivity index (χ4v) is 4.67. The molecule has 22 heavy (non-hydrogen) atoms. The molecule has 7 heteroatoms. The minimum absolute atomic E-state index is 0. The van der Waals surface area contributed by atoms with E-state index in [0.29, 0.717) is 12.6 Å². The maximum absolute atomic E-state index is 10.7. The standard InChI is InChI=1S/C15H26N2O2.2ClH.H2O/c1-16-12-4-5-13(16)10-11(9-12)14-3-2-7-17(14)8-6-15(18)19;;;/h11-14H,2-10H2,1H3,(H,18,19);2*1H;1H2/p-1. The topological polar surface area (TPSA) is 78.1 Å². The molecule has 3 rings (SSSR count). The lowest BCUT2D eigenvalue weighted by Gasteiger charge is -2.41. The summed E-state index contributed by atoms with van der Waals surface area (Å²) in [6.07, 6.45) is 8.06. The van der Waals surface area contributed by atoms with Crippen LogP contribution in [0.25, 0.3) is 0 Å². The van der Waals surface area contributed by atoms with Gasteiger partial charge in [0.25, 0.3) is 0 Å². The first-order valence-electron chi connectivity index (χ1n) is 7.81. The molecular weight excluding hydrogens is 327 g/mol. The van der Waals surface area contributed by atoms with Crippen LogP contribution in [-0.4, -0.2) is 59.5 Å². The highest BCUT2D eigenvalue weighted by atomic mass is 35.5. The van der Waals surface area contributed by atoms with Crippen LogP contribution in [0.5, 0.6) is 0 Å². The van der Waals surface area contributed by atoms with E-state index in [2.05, 4.69) is 16.8 Å². The van der Waals surface area contributed by atoms with Crippen LogP contribution in [0.4, 0.5) is 0 Å². The summed E-state index contributed by atoms with van der Waals surface area (Å²) in [6, 6.07) is 2.20. The van der Waals surface area contributed by atoms with E-state index < -0.39 is 5.97 Å². The second-order valence-corrected chi connectivity index (χ2v) is 6.65. The number of hydrogen-bond acceptors (Lipinski definition) is 4. The lowest BCUT2D eigenvalue weighted by molar-refractivity contribution is -0.305.